The maximum absolute atomic E-state index is 12.9. The minimum absolute atomic E-state index is 0.305. The second-order valence-electron chi connectivity index (χ2n) is 4.80. The highest BCUT2D eigenvalue weighted by atomic mass is 19.1. The molecule has 1 aromatic carbocycles. The van der Waals surface area contributed by atoms with Crippen LogP contribution in [-0.4, -0.2) is 19.0 Å². The lowest BCUT2D eigenvalue weighted by atomic mass is 9.89. The third-order valence-corrected chi connectivity index (χ3v) is 3.40. The molecule has 4 N–H and O–H groups in total. The van der Waals surface area contributed by atoms with Gasteiger partial charge in [-0.3, -0.25) is 4.79 Å². The number of carbonyl (C=O) groups excluding carboxylic acids is 1. The molecule has 1 fully saturated rings. The molecule has 0 radical (unpaired) electrons. The van der Waals surface area contributed by atoms with Gasteiger partial charge >= 0.3 is 0 Å². The van der Waals surface area contributed by atoms with Gasteiger partial charge < -0.3 is 16.4 Å². The van der Waals surface area contributed by atoms with Gasteiger partial charge in [-0.2, -0.15) is 0 Å². The summed E-state index contributed by atoms with van der Waals surface area (Å²) in [6.07, 6.45) is 0.694. The van der Waals surface area contributed by atoms with Crippen LogP contribution in [0.15, 0.2) is 18.2 Å². The predicted octanol–water partition coefficient (Wildman–Crippen LogP) is 1.11. The Morgan fingerprint density at radius 2 is 2.24 bits per heavy atom. The first kappa shape index (κ1) is 11.7. The number of nitrogens with two attached hydrogens (primary N) is 2. The standard InChI is InChI=1S/C12H16FN3O/c1-12(11(15)17)4-5-16(7-12)10-3-2-8(13)6-9(10)14/h2-3,6H,4-5,7,14H2,1H3,(H2,15,17). The van der Waals surface area contributed by atoms with Crippen molar-refractivity contribution in [3.8, 4) is 0 Å². The topological polar surface area (TPSA) is 72.4 Å². The molecule has 0 saturated carbocycles. The number of amides is 1. The van der Waals surface area contributed by atoms with E-state index >= 15 is 0 Å². The zero-order valence-electron chi connectivity index (χ0n) is 9.74. The van der Waals surface area contributed by atoms with Gasteiger partial charge in [0, 0.05) is 13.1 Å². The van der Waals surface area contributed by atoms with Crippen LogP contribution in [-0.2, 0) is 4.79 Å². The summed E-state index contributed by atoms with van der Waals surface area (Å²) in [5, 5.41) is 0. The molecule has 17 heavy (non-hydrogen) atoms. The summed E-state index contributed by atoms with van der Waals surface area (Å²) in [5.41, 5.74) is 11.8. The van der Waals surface area contributed by atoms with E-state index in [9.17, 15) is 9.18 Å². The number of hydrogen-bond donors (Lipinski definition) is 2. The summed E-state index contributed by atoms with van der Waals surface area (Å²) in [5.74, 6) is -0.663. The maximum atomic E-state index is 12.9. The number of hydrogen-bond acceptors (Lipinski definition) is 3. The average Bonchev–Trinajstić information content (AvgIpc) is 2.62. The molecule has 2 rings (SSSR count). The molecule has 0 aliphatic carbocycles. The summed E-state index contributed by atoms with van der Waals surface area (Å²) >= 11 is 0. The summed E-state index contributed by atoms with van der Waals surface area (Å²) in [4.78, 5) is 13.3. The van der Waals surface area contributed by atoms with Crippen molar-refractivity contribution in [1.82, 2.24) is 0 Å². The number of halogens is 1. The monoisotopic (exact) mass is 237 g/mol. The highest BCUT2D eigenvalue weighted by Crippen LogP contribution is 2.35. The molecule has 1 atom stereocenters. The normalized spacial score (nSPS) is 24.0. The minimum atomic E-state index is -0.527. The molecular formula is C12H16FN3O. The van der Waals surface area contributed by atoms with Crippen molar-refractivity contribution in [3.05, 3.63) is 24.0 Å². The van der Waals surface area contributed by atoms with Crippen LogP contribution >= 0.6 is 0 Å². The van der Waals surface area contributed by atoms with Crippen molar-refractivity contribution in [2.45, 2.75) is 13.3 Å². The van der Waals surface area contributed by atoms with E-state index in [2.05, 4.69) is 0 Å². The highest BCUT2D eigenvalue weighted by Gasteiger charge is 2.39. The van der Waals surface area contributed by atoms with Crippen LogP contribution in [0.4, 0.5) is 15.8 Å². The first-order valence-corrected chi connectivity index (χ1v) is 5.52. The molecule has 0 bridgehead atoms. The Kier molecular flexibility index (Phi) is 2.69. The summed E-state index contributed by atoms with van der Waals surface area (Å²) < 4.78 is 12.9. The zero-order chi connectivity index (χ0) is 12.6. The van der Waals surface area contributed by atoms with Crippen LogP contribution in [0, 0.1) is 11.2 Å². The van der Waals surface area contributed by atoms with Gasteiger partial charge in [-0.05, 0) is 31.5 Å². The minimum Gasteiger partial charge on any atom is -0.397 e. The number of nitrogen functional groups attached to an aromatic ring is 1. The maximum Gasteiger partial charge on any atom is 0.225 e. The summed E-state index contributed by atoms with van der Waals surface area (Å²) in [7, 11) is 0. The first-order chi connectivity index (χ1) is 7.92. The van der Waals surface area contributed by atoms with Crippen molar-refractivity contribution in [2.75, 3.05) is 23.7 Å². The molecule has 1 amide bonds. The lowest BCUT2D eigenvalue weighted by Gasteiger charge is -2.23. The van der Waals surface area contributed by atoms with Crippen molar-refractivity contribution in [2.24, 2.45) is 11.1 Å². The van der Waals surface area contributed by atoms with Crippen LogP contribution in [0.2, 0.25) is 0 Å². The van der Waals surface area contributed by atoms with Crippen LogP contribution in [0.5, 0.6) is 0 Å². The molecule has 1 aliphatic heterocycles. The van der Waals surface area contributed by atoms with Gasteiger partial charge in [0.15, 0.2) is 0 Å². The smallest absolute Gasteiger partial charge is 0.225 e. The number of nitrogens with zero attached hydrogens (tertiary/aromatic N) is 1. The highest BCUT2D eigenvalue weighted by molar-refractivity contribution is 5.82. The number of primary amides is 1. The Hall–Kier alpha value is -1.78. The Labute approximate surface area is 99.4 Å². The Bertz CT molecular complexity index is 463. The third kappa shape index (κ3) is 2.05. The van der Waals surface area contributed by atoms with Crippen molar-refractivity contribution in [1.29, 1.82) is 0 Å². The Balaban J connectivity index is 2.24. The molecule has 1 aliphatic rings. The van der Waals surface area contributed by atoms with E-state index in [-0.39, 0.29) is 11.7 Å². The van der Waals surface area contributed by atoms with E-state index in [0.29, 0.717) is 25.2 Å². The number of benzene rings is 1. The van der Waals surface area contributed by atoms with Gasteiger partial charge in [0.05, 0.1) is 16.8 Å². The summed E-state index contributed by atoms with van der Waals surface area (Å²) in [6.45, 7) is 3.07. The lowest BCUT2D eigenvalue weighted by Crippen LogP contribution is -2.37. The number of anilines is 2. The number of carbonyl (C=O) groups is 1. The van der Waals surface area contributed by atoms with Gasteiger partial charge in [0.1, 0.15) is 5.82 Å². The SMILES string of the molecule is CC1(C(N)=O)CCN(c2ccc(F)cc2N)C1. The average molecular weight is 237 g/mol. The fourth-order valence-corrected chi connectivity index (χ4v) is 2.18. The lowest BCUT2D eigenvalue weighted by molar-refractivity contribution is -0.125. The zero-order valence-corrected chi connectivity index (χ0v) is 9.74. The van der Waals surface area contributed by atoms with Crippen molar-refractivity contribution in [3.63, 3.8) is 0 Å². The van der Waals surface area contributed by atoms with Gasteiger partial charge in [0.2, 0.25) is 5.91 Å². The Morgan fingerprint density at radius 3 is 2.76 bits per heavy atom. The molecule has 0 spiro atoms. The van der Waals surface area contributed by atoms with Gasteiger partial charge in [0.25, 0.3) is 0 Å². The van der Waals surface area contributed by atoms with Crippen molar-refractivity contribution < 1.29 is 9.18 Å². The first-order valence-electron chi connectivity index (χ1n) is 5.52. The molecule has 1 heterocycles. The fraction of sp³-hybridized carbons (Fsp3) is 0.417. The van der Waals surface area contributed by atoms with E-state index in [1.807, 2.05) is 11.8 Å². The van der Waals surface area contributed by atoms with E-state index in [4.69, 9.17) is 11.5 Å². The second-order valence-corrected chi connectivity index (χ2v) is 4.80. The summed E-state index contributed by atoms with van der Waals surface area (Å²) in [6, 6.07) is 4.29. The molecule has 0 aromatic heterocycles. The van der Waals surface area contributed by atoms with Crippen molar-refractivity contribution >= 4 is 17.3 Å². The molecule has 4 nitrogen and oxygen atoms in total. The third-order valence-electron chi connectivity index (χ3n) is 3.40. The largest absolute Gasteiger partial charge is 0.397 e. The number of rotatable bonds is 2. The van der Waals surface area contributed by atoms with Crippen LogP contribution in [0.3, 0.4) is 0 Å². The van der Waals surface area contributed by atoms with Gasteiger partial charge in [-0.25, -0.2) is 4.39 Å². The molecule has 1 saturated heterocycles. The predicted molar refractivity (Wildman–Crippen MR) is 64.9 cm³/mol. The van der Waals surface area contributed by atoms with Gasteiger partial charge in [-0.15, -0.1) is 0 Å². The second kappa shape index (κ2) is 3.91. The van der Waals surface area contributed by atoms with E-state index in [1.54, 1.807) is 6.07 Å². The van der Waals surface area contributed by atoms with E-state index in [1.165, 1.54) is 12.1 Å². The van der Waals surface area contributed by atoms with E-state index < -0.39 is 5.41 Å². The molecule has 1 unspecified atom stereocenters. The fourth-order valence-electron chi connectivity index (χ4n) is 2.18. The Morgan fingerprint density at radius 1 is 1.53 bits per heavy atom. The van der Waals surface area contributed by atoms with Crippen LogP contribution < -0.4 is 16.4 Å². The van der Waals surface area contributed by atoms with Crippen LogP contribution in [0.1, 0.15) is 13.3 Å². The molecule has 92 valence electrons. The van der Waals surface area contributed by atoms with Crippen LogP contribution in [0.25, 0.3) is 0 Å². The van der Waals surface area contributed by atoms with Gasteiger partial charge in [-0.1, -0.05) is 0 Å². The quantitative estimate of drug-likeness (QED) is 0.757. The molecule has 5 heteroatoms. The van der Waals surface area contributed by atoms with E-state index in [0.717, 1.165) is 5.69 Å². The molecular weight excluding hydrogens is 221 g/mol. The molecule has 1 aromatic rings.